The maximum absolute atomic E-state index is 3.52. The second-order valence-corrected chi connectivity index (χ2v) is 5.31. The molecule has 0 bridgehead atoms. The number of aryl methyl sites for hydroxylation is 1. The largest absolute Gasteiger partial charge is 0.316 e. The van der Waals surface area contributed by atoms with Crippen LogP contribution in [0.4, 0.5) is 0 Å². The van der Waals surface area contributed by atoms with Gasteiger partial charge in [0.2, 0.25) is 0 Å². The summed E-state index contributed by atoms with van der Waals surface area (Å²) >= 11 is 0. The Labute approximate surface area is 106 Å². The lowest BCUT2D eigenvalue weighted by molar-refractivity contribution is 0.377. The van der Waals surface area contributed by atoms with Crippen molar-refractivity contribution in [1.29, 1.82) is 0 Å². The Morgan fingerprint density at radius 3 is 2.24 bits per heavy atom. The lowest BCUT2D eigenvalue weighted by atomic mass is 9.92. The van der Waals surface area contributed by atoms with E-state index < -0.39 is 0 Å². The molecule has 1 saturated carbocycles. The minimum atomic E-state index is 0.671. The van der Waals surface area contributed by atoms with Crippen LogP contribution in [0.25, 0.3) is 0 Å². The van der Waals surface area contributed by atoms with Gasteiger partial charge < -0.3 is 5.32 Å². The van der Waals surface area contributed by atoms with Gasteiger partial charge in [-0.2, -0.15) is 0 Å². The van der Waals surface area contributed by atoms with Crippen molar-refractivity contribution in [3.8, 4) is 0 Å². The van der Waals surface area contributed by atoms with Crippen LogP contribution in [0.3, 0.4) is 0 Å². The zero-order valence-electron chi connectivity index (χ0n) is 11.2. The van der Waals surface area contributed by atoms with Crippen LogP contribution in [0.15, 0.2) is 24.3 Å². The molecule has 0 heterocycles. The first-order valence-electron chi connectivity index (χ1n) is 7.08. The summed E-state index contributed by atoms with van der Waals surface area (Å²) in [4.78, 5) is 0. The second-order valence-electron chi connectivity index (χ2n) is 5.31. The molecule has 94 valence electrons. The van der Waals surface area contributed by atoms with E-state index in [-0.39, 0.29) is 0 Å². The zero-order chi connectivity index (χ0) is 12.1. The van der Waals surface area contributed by atoms with Crippen molar-refractivity contribution in [2.75, 3.05) is 7.05 Å². The van der Waals surface area contributed by atoms with Gasteiger partial charge in [-0.15, -0.1) is 0 Å². The minimum Gasteiger partial charge on any atom is -0.316 e. The smallest absolute Gasteiger partial charge is 0.0133 e. The Balaban J connectivity index is 1.96. The Kier molecular flexibility index (Phi) is 4.61. The van der Waals surface area contributed by atoms with Crippen LogP contribution in [0, 0.1) is 5.92 Å². The van der Waals surface area contributed by atoms with E-state index in [1.807, 2.05) is 0 Å². The molecule has 1 nitrogen and oxygen atoms in total. The first-order chi connectivity index (χ1) is 8.33. The van der Waals surface area contributed by atoms with Gasteiger partial charge in [0.05, 0.1) is 0 Å². The third-order valence-corrected chi connectivity index (χ3v) is 4.23. The molecule has 1 aliphatic rings. The van der Waals surface area contributed by atoms with Crippen LogP contribution in [0.1, 0.15) is 43.7 Å². The molecule has 0 saturated heterocycles. The molecule has 1 aliphatic carbocycles. The summed E-state index contributed by atoms with van der Waals surface area (Å²) < 4.78 is 0. The van der Waals surface area contributed by atoms with E-state index in [1.54, 1.807) is 0 Å². The summed E-state index contributed by atoms with van der Waals surface area (Å²) in [5.74, 6) is 0.894. The zero-order valence-corrected chi connectivity index (χ0v) is 11.2. The van der Waals surface area contributed by atoms with E-state index in [2.05, 4.69) is 43.6 Å². The van der Waals surface area contributed by atoms with Crippen molar-refractivity contribution in [3.63, 3.8) is 0 Å². The van der Waals surface area contributed by atoms with Crippen molar-refractivity contribution in [3.05, 3.63) is 35.4 Å². The van der Waals surface area contributed by atoms with Crippen molar-refractivity contribution >= 4 is 0 Å². The van der Waals surface area contributed by atoms with Gasteiger partial charge in [-0.25, -0.2) is 0 Å². The highest BCUT2D eigenvalue weighted by Gasteiger charge is 2.23. The Bertz CT molecular complexity index is 322. The first-order valence-corrected chi connectivity index (χ1v) is 7.08. The molecule has 0 spiro atoms. The quantitative estimate of drug-likeness (QED) is 0.817. The van der Waals surface area contributed by atoms with Gasteiger partial charge in [-0.05, 0) is 49.8 Å². The fourth-order valence-electron chi connectivity index (χ4n) is 3.03. The SMILES string of the molecule is CCc1ccc(CC(NC)C2CCCC2)cc1. The lowest BCUT2D eigenvalue weighted by Crippen LogP contribution is -2.34. The number of hydrogen-bond acceptors (Lipinski definition) is 1. The van der Waals surface area contributed by atoms with Crippen molar-refractivity contribution < 1.29 is 0 Å². The van der Waals surface area contributed by atoms with Gasteiger partial charge in [-0.1, -0.05) is 44.0 Å². The molecule has 1 aromatic rings. The molecule has 1 heteroatoms. The summed E-state index contributed by atoms with van der Waals surface area (Å²) in [6.07, 6.45) is 8.01. The topological polar surface area (TPSA) is 12.0 Å². The van der Waals surface area contributed by atoms with Gasteiger partial charge >= 0.3 is 0 Å². The normalized spacial score (nSPS) is 18.5. The monoisotopic (exact) mass is 231 g/mol. The highest BCUT2D eigenvalue weighted by Crippen LogP contribution is 2.29. The van der Waals surface area contributed by atoms with E-state index in [0.717, 1.165) is 12.3 Å². The maximum Gasteiger partial charge on any atom is 0.0133 e. The van der Waals surface area contributed by atoms with Crippen LogP contribution in [-0.4, -0.2) is 13.1 Å². The third-order valence-electron chi connectivity index (χ3n) is 4.23. The molecule has 2 rings (SSSR count). The van der Waals surface area contributed by atoms with E-state index >= 15 is 0 Å². The predicted molar refractivity (Wildman–Crippen MR) is 74.3 cm³/mol. The van der Waals surface area contributed by atoms with Gasteiger partial charge in [0.1, 0.15) is 0 Å². The Hall–Kier alpha value is -0.820. The molecule has 1 atom stereocenters. The summed E-state index contributed by atoms with van der Waals surface area (Å²) in [6.45, 7) is 2.21. The third kappa shape index (κ3) is 3.32. The number of benzene rings is 1. The van der Waals surface area contributed by atoms with Crippen LogP contribution >= 0.6 is 0 Å². The van der Waals surface area contributed by atoms with Crippen LogP contribution in [0.2, 0.25) is 0 Å². The fraction of sp³-hybridized carbons (Fsp3) is 0.625. The fourth-order valence-corrected chi connectivity index (χ4v) is 3.03. The first kappa shape index (κ1) is 12.6. The molecule has 0 aromatic heterocycles. The van der Waals surface area contributed by atoms with Gasteiger partial charge in [-0.3, -0.25) is 0 Å². The van der Waals surface area contributed by atoms with Crippen molar-refractivity contribution in [1.82, 2.24) is 5.32 Å². The number of hydrogen-bond donors (Lipinski definition) is 1. The Morgan fingerprint density at radius 1 is 1.12 bits per heavy atom. The molecule has 17 heavy (non-hydrogen) atoms. The molecule has 0 amide bonds. The number of rotatable bonds is 5. The lowest BCUT2D eigenvalue weighted by Gasteiger charge is -2.23. The highest BCUT2D eigenvalue weighted by atomic mass is 14.9. The number of likely N-dealkylation sites (N-methyl/N-ethyl adjacent to an activating group) is 1. The van der Waals surface area contributed by atoms with E-state index in [1.165, 1.54) is 43.2 Å². The average molecular weight is 231 g/mol. The van der Waals surface area contributed by atoms with Gasteiger partial charge in [0, 0.05) is 6.04 Å². The van der Waals surface area contributed by atoms with Gasteiger partial charge in [0.15, 0.2) is 0 Å². The average Bonchev–Trinajstić information content (AvgIpc) is 2.90. The van der Waals surface area contributed by atoms with Crippen LogP contribution in [0.5, 0.6) is 0 Å². The predicted octanol–water partition coefficient (Wildman–Crippen LogP) is 3.57. The van der Waals surface area contributed by atoms with Crippen LogP contribution < -0.4 is 5.32 Å². The number of nitrogens with one attached hydrogen (secondary N) is 1. The molecule has 1 unspecified atom stereocenters. The molecule has 1 aromatic carbocycles. The standard InChI is InChI=1S/C16H25N/c1-3-13-8-10-14(11-9-13)12-16(17-2)15-6-4-5-7-15/h8-11,15-17H,3-7,12H2,1-2H3. The summed E-state index contributed by atoms with van der Waals surface area (Å²) in [5, 5.41) is 3.52. The van der Waals surface area contributed by atoms with Crippen molar-refractivity contribution in [2.45, 2.75) is 51.5 Å². The molecular weight excluding hydrogens is 206 g/mol. The summed E-state index contributed by atoms with van der Waals surface area (Å²) in [6, 6.07) is 9.83. The van der Waals surface area contributed by atoms with E-state index in [4.69, 9.17) is 0 Å². The van der Waals surface area contributed by atoms with E-state index in [0.29, 0.717) is 6.04 Å². The summed E-state index contributed by atoms with van der Waals surface area (Å²) in [5.41, 5.74) is 2.92. The van der Waals surface area contributed by atoms with Gasteiger partial charge in [0.25, 0.3) is 0 Å². The molecule has 1 N–H and O–H groups in total. The van der Waals surface area contributed by atoms with E-state index in [9.17, 15) is 0 Å². The van der Waals surface area contributed by atoms with Crippen molar-refractivity contribution in [2.24, 2.45) is 5.92 Å². The molecular formula is C16H25N. The molecule has 0 aliphatic heterocycles. The Morgan fingerprint density at radius 2 is 1.71 bits per heavy atom. The minimum absolute atomic E-state index is 0.671. The maximum atomic E-state index is 3.52. The highest BCUT2D eigenvalue weighted by molar-refractivity contribution is 5.23. The molecule has 0 radical (unpaired) electrons. The molecule has 1 fully saturated rings. The summed E-state index contributed by atoms with van der Waals surface area (Å²) in [7, 11) is 2.11. The second kappa shape index (κ2) is 6.20. The van der Waals surface area contributed by atoms with Crippen LogP contribution in [-0.2, 0) is 12.8 Å².